The molecule has 1 N–H and O–H groups in total. The highest BCUT2D eigenvalue weighted by atomic mass is 79.9. The van der Waals surface area contributed by atoms with Crippen LogP contribution in [0.4, 0.5) is 0 Å². The molecule has 0 fully saturated rings. The highest BCUT2D eigenvalue weighted by molar-refractivity contribution is 9.10. The molecule has 0 aliphatic rings. The zero-order chi connectivity index (χ0) is 15.2. The van der Waals surface area contributed by atoms with Gasteiger partial charge in [0.1, 0.15) is 0 Å². The van der Waals surface area contributed by atoms with E-state index in [0.29, 0.717) is 13.2 Å². The van der Waals surface area contributed by atoms with Crippen molar-refractivity contribution in [3.8, 4) is 11.5 Å². The Morgan fingerprint density at radius 2 is 1.95 bits per heavy atom. The molecule has 0 aliphatic heterocycles. The van der Waals surface area contributed by atoms with Gasteiger partial charge < -0.3 is 19.5 Å². The van der Waals surface area contributed by atoms with E-state index < -0.39 is 0 Å². The van der Waals surface area contributed by atoms with Gasteiger partial charge in [-0.3, -0.25) is 0 Å². The van der Waals surface area contributed by atoms with Crippen LogP contribution in [0, 0.1) is 0 Å². The number of benzene rings is 1. The third-order valence-electron chi connectivity index (χ3n) is 2.85. The van der Waals surface area contributed by atoms with E-state index in [9.17, 15) is 0 Å². The summed E-state index contributed by atoms with van der Waals surface area (Å²) < 4.78 is 17.1. The third kappa shape index (κ3) is 4.96. The predicted octanol–water partition coefficient (Wildman–Crippen LogP) is 3.37. The fourth-order valence-corrected chi connectivity index (χ4v) is 2.52. The van der Waals surface area contributed by atoms with Crippen LogP contribution in [0.1, 0.15) is 26.3 Å². The first kappa shape index (κ1) is 17.3. The minimum absolute atomic E-state index is 0.0763. The number of halogens is 1. The quantitative estimate of drug-likeness (QED) is 0.784. The predicted molar refractivity (Wildman–Crippen MR) is 84.7 cm³/mol. The largest absolute Gasteiger partial charge is 0.493 e. The molecule has 1 aromatic carbocycles. The summed E-state index contributed by atoms with van der Waals surface area (Å²) in [5.74, 6) is 1.48. The first-order valence-corrected chi connectivity index (χ1v) is 7.46. The summed E-state index contributed by atoms with van der Waals surface area (Å²) >= 11 is 3.53. The standard InChI is InChI=1S/C15H24BrNO3/c1-6-20-14-12(16)7-11(8-13(14)19-5)9-17-15(2,3)10-18-4/h7-8,17H,6,9-10H2,1-5H3. The van der Waals surface area contributed by atoms with E-state index in [1.54, 1.807) is 14.2 Å². The molecular weight excluding hydrogens is 322 g/mol. The summed E-state index contributed by atoms with van der Waals surface area (Å²) in [5, 5.41) is 3.46. The van der Waals surface area contributed by atoms with Crippen molar-refractivity contribution in [1.82, 2.24) is 5.32 Å². The SMILES string of the molecule is CCOc1c(Br)cc(CNC(C)(C)COC)cc1OC. The summed E-state index contributed by atoms with van der Waals surface area (Å²) in [4.78, 5) is 0. The molecule has 0 aliphatic carbocycles. The van der Waals surface area contributed by atoms with Crippen LogP contribution in [0.5, 0.6) is 11.5 Å². The number of nitrogens with one attached hydrogen (secondary N) is 1. The second-order valence-corrected chi connectivity index (χ2v) is 6.07. The second kappa shape index (κ2) is 7.86. The van der Waals surface area contributed by atoms with E-state index in [-0.39, 0.29) is 5.54 Å². The molecule has 0 bridgehead atoms. The molecule has 0 aromatic heterocycles. The average molecular weight is 346 g/mol. The lowest BCUT2D eigenvalue weighted by molar-refractivity contribution is 0.127. The van der Waals surface area contributed by atoms with Crippen LogP contribution in [0.15, 0.2) is 16.6 Å². The summed E-state index contributed by atoms with van der Waals surface area (Å²) in [5.41, 5.74) is 1.05. The van der Waals surface area contributed by atoms with Crippen LogP contribution in [0.3, 0.4) is 0 Å². The summed E-state index contributed by atoms with van der Waals surface area (Å²) in [6, 6.07) is 4.04. The van der Waals surface area contributed by atoms with Crippen LogP contribution in [-0.4, -0.2) is 33.0 Å². The Bertz CT molecular complexity index is 435. The highest BCUT2D eigenvalue weighted by Crippen LogP contribution is 2.36. The Hall–Kier alpha value is -0.780. The van der Waals surface area contributed by atoms with Crippen molar-refractivity contribution in [2.24, 2.45) is 0 Å². The van der Waals surface area contributed by atoms with Gasteiger partial charge in [-0.25, -0.2) is 0 Å². The smallest absolute Gasteiger partial charge is 0.175 e. The van der Waals surface area contributed by atoms with Crippen molar-refractivity contribution in [3.63, 3.8) is 0 Å². The third-order valence-corrected chi connectivity index (χ3v) is 3.44. The molecule has 0 saturated carbocycles. The maximum absolute atomic E-state index is 5.59. The zero-order valence-electron chi connectivity index (χ0n) is 12.9. The first-order valence-electron chi connectivity index (χ1n) is 6.66. The molecule has 1 rings (SSSR count). The van der Waals surface area contributed by atoms with Crippen molar-refractivity contribution in [3.05, 3.63) is 22.2 Å². The number of rotatable bonds is 8. The van der Waals surface area contributed by atoms with E-state index in [1.165, 1.54) is 0 Å². The van der Waals surface area contributed by atoms with E-state index in [2.05, 4.69) is 35.1 Å². The molecular formula is C15H24BrNO3. The van der Waals surface area contributed by atoms with Crippen molar-refractivity contribution in [2.75, 3.05) is 27.4 Å². The van der Waals surface area contributed by atoms with Gasteiger partial charge in [0.2, 0.25) is 0 Å². The molecule has 5 heteroatoms. The van der Waals surface area contributed by atoms with Crippen LogP contribution < -0.4 is 14.8 Å². The maximum Gasteiger partial charge on any atom is 0.175 e. The molecule has 0 radical (unpaired) electrons. The van der Waals surface area contributed by atoms with Crippen LogP contribution in [-0.2, 0) is 11.3 Å². The summed E-state index contributed by atoms with van der Waals surface area (Å²) in [6.45, 7) is 8.16. The first-order chi connectivity index (χ1) is 9.43. The number of hydrogen-bond acceptors (Lipinski definition) is 4. The van der Waals surface area contributed by atoms with Gasteiger partial charge in [-0.15, -0.1) is 0 Å². The Morgan fingerprint density at radius 1 is 1.25 bits per heavy atom. The van der Waals surface area contributed by atoms with Crippen molar-refractivity contribution in [2.45, 2.75) is 32.9 Å². The van der Waals surface area contributed by atoms with Gasteiger partial charge in [0.25, 0.3) is 0 Å². The van der Waals surface area contributed by atoms with E-state index in [0.717, 1.165) is 28.1 Å². The summed E-state index contributed by atoms with van der Waals surface area (Å²) in [6.07, 6.45) is 0. The molecule has 0 spiro atoms. The van der Waals surface area contributed by atoms with Crippen molar-refractivity contribution in [1.29, 1.82) is 0 Å². The van der Waals surface area contributed by atoms with Crippen molar-refractivity contribution < 1.29 is 14.2 Å². The lowest BCUT2D eigenvalue weighted by atomic mass is 10.1. The fraction of sp³-hybridized carbons (Fsp3) is 0.600. The fourth-order valence-electron chi connectivity index (χ4n) is 1.91. The van der Waals surface area contributed by atoms with Crippen LogP contribution >= 0.6 is 15.9 Å². The minimum atomic E-state index is -0.0763. The van der Waals surface area contributed by atoms with Gasteiger partial charge in [0.15, 0.2) is 11.5 Å². The van der Waals surface area contributed by atoms with Crippen molar-refractivity contribution >= 4 is 15.9 Å². The number of hydrogen-bond donors (Lipinski definition) is 1. The second-order valence-electron chi connectivity index (χ2n) is 5.21. The Labute approximate surface area is 129 Å². The highest BCUT2D eigenvalue weighted by Gasteiger charge is 2.17. The van der Waals surface area contributed by atoms with Gasteiger partial charge in [-0.2, -0.15) is 0 Å². The van der Waals surface area contributed by atoms with Gasteiger partial charge in [-0.05, 0) is 54.4 Å². The summed E-state index contributed by atoms with van der Waals surface area (Å²) in [7, 11) is 3.36. The van der Waals surface area contributed by atoms with E-state index in [4.69, 9.17) is 14.2 Å². The molecule has 0 atom stereocenters. The number of methoxy groups -OCH3 is 2. The number of ether oxygens (including phenoxy) is 3. The van der Waals surface area contributed by atoms with Gasteiger partial charge in [0, 0.05) is 19.2 Å². The molecule has 0 heterocycles. The normalized spacial score (nSPS) is 11.5. The van der Waals surface area contributed by atoms with Crippen LogP contribution in [0.2, 0.25) is 0 Å². The Balaban J connectivity index is 2.84. The van der Waals surface area contributed by atoms with E-state index >= 15 is 0 Å². The maximum atomic E-state index is 5.59. The zero-order valence-corrected chi connectivity index (χ0v) is 14.5. The molecule has 0 unspecified atom stereocenters. The van der Waals surface area contributed by atoms with Gasteiger partial charge >= 0.3 is 0 Å². The lowest BCUT2D eigenvalue weighted by Crippen LogP contribution is -2.42. The Morgan fingerprint density at radius 3 is 2.50 bits per heavy atom. The monoisotopic (exact) mass is 345 g/mol. The molecule has 20 heavy (non-hydrogen) atoms. The van der Waals surface area contributed by atoms with Crippen LogP contribution in [0.25, 0.3) is 0 Å². The van der Waals surface area contributed by atoms with E-state index in [1.807, 2.05) is 19.1 Å². The minimum Gasteiger partial charge on any atom is -0.493 e. The lowest BCUT2D eigenvalue weighted by Gasteiger charge is -2.25. The average Bonchev–Trinajstić information content (AvgIpc) is 2.39. The Kier molecular flexibility index (Phi) is 6.79. The van der Waals surface area contributed by atoms with Gasteiger partial charge in [-0.1, -0.05) is 0 Å². The molecule has 1 aromatic rings. The molecule has 0 amide bonds. The van der Waals surface area contributed by atoms with Gasteiger partial charge in [0.05, 0.1) is 24.8 Å². The molecule has 4 nitrogen and oxygen atoms in total. The molecule has 0 saturated heterocycles. The topological polar surface area (TPSA) is 39.7 Å². The molecule has 114 valence electrons.